The highest BCUT2D eigenvalue weighted by molar-refractivity contribution is 5.76. The van der Waals surface area contributed by atoms with Crippen molar-refractivity contribution in [2.24, 2.45) is 0 Å². The van der Waals surface area contributed by atoms with Crippen molar-refractivity contribution >= 4 is 11.9 Å². The second kappa shape index (κ2) is 76.8. The van der Waals surface area contributed by atoms with Gasteiger partial charge in [-0.1, -0.05) is 411 Å². The Balaban J connectivity index is 3.30. The Morgan fingerprint density at radius 3 is 0.885 bits per heavy atom. The van der Waals surface area contributed by atoms with Crippen LogP contribution in [-0.2, 0) is 14.3 Å². The van der Waals surface area contributed by atoms with E-state index in [9.17, 15) is 19.8 Å². The molecule has 6 nitrogen and oxygen atoms in total. The van der Waals surface area contributed by atoms with E-state index in [1.54, 1.807) is 0 Å². The van der Waals surface area contributed by atoms with Gasteiger partial charge in [-0.25, -0.2) is 0 Å². The number of aliphatic hydroxyl groups is 2. The van der Waals surface area contributed by atoms with E-state index in [1.807, 2.05) is 0 Å². The zero-order valence-corrected chi connectivity index (χ0v) is 59.3. The van der Waals surface area contributed by atoms with Crippen molar-refractivity contribution in [1.29, 1.82) is 0 Å². The van der Waals surface area contributed by atoms with Gasteiger partial charge in [-0.3, -0.25) is 9.59 Å². The van der Waals surface area contributed by atoms with Gasteiger partial charge in [-0.2, -0.15) is 0 Å². The van der Waals surface area contributed by atoms with Crippen molar-refractivity contribution in [3.8, 4) is 0 Å². The molecule has 87 heavy (non-hydrogen) atoms. The number of rotatable bonds is 76. The van der Waals surface area contributed by atoms with Gasteiger partial charge in [0.2, 0.25) is 5.91 Å². The van der Waals surface area contributed by atoms with E-state index < -0.39 is 12.1 Å². The van der Waals surface area contributed by atoms with E-state index in [-0.39, 0.29) is 18.5 Å². The van der Waals surface area contributed by atoms with Crippen LogP contribution in [0.3, 0.4) is 0 Å². The number of nitrogens with one attached hydrogen (secondary N) is 1. The Morgan fingerprint density at radius 1 is 0.322 bits per heavy atom. The molecule has 0 saturated carbocycles. The van der Waals surface area contributed by atoms with Crippen molar-refractivity contribution in [2.45, 2.75) is 469 Å². The molecule has 0 spiro atoms. The summed E-state index contributed by atoms with van der Waals surface area (Å²) >= 11 is 0. The summed E-state index contributed by atoms with van der Waals surface area (Å²) in [6.07, 6.45) is 98.5. The molecule has 0 aliphatic carbocycles. The summed E-state index contributed by atoms with van der Waals surface area (Å²) in [5.74, 6) is -0.0141. The number of amides is 1. The Kier molecular flexibility index (Phi) is 75.3. The Labute approximate surface area is 545 Å². The number of esters is 1. The summed E-state index contributed by atoms with van der Waals surface area (Å²) in [6.45, 7) is 4.98. The lowest BCUT2D eigenvalue weighted by Gasteiger charge is -2.22. The molecule has 0 rings (SSSR count). The molecule has 0 radical (unpaired) electrons. The van der Waals surface area contributed by atoms with Crippen LogP contribution in [0, 0.1) is 0 Å². The van der Waals surface area contributed by atoms with Crippen LogP contribution >= 0.6 is 0 Å². The van der Waals surface area contributed by atoms with Crippen molar-refractivity contribution < 1.29 is 24.5 Å². The first-order valence-corrected chi connectivity index (χ1v) is 40.1. The van der Waals surface area contributed by atoms with Crippen LogP contribution in [0.1, 0.15) is 457 Å². The highest BCUT2D eigenvalue weighted by Gasteiger charge is 2.20. The van der Waals surface area contributed by atoms with Crippen LogP contribution < -0.4 is 5.32 Å². The van der Waals surface area contributed by atoms with E-state index >= 15 is 0 Å². The molecular formula is C81H157NO5. The average molecular weight is 1230 g/mol. The number of carbonyl (C=O) groups excluding carboxylic acids is 2. The van der Waals surface area contributed by atoms with Gasteiger partial charge in [0.15, 0.2) is 0 Å². The molecule has 0 heterocycles. The molecule has 3 N–H and O–H groups in total. The second-order valence-electron chi connectivity index (χ2n) is 27.8. The van der Waals surface area contributed by atoms with Crippen LogP contribution in [0.2, 0.25) is 0 Å². The lowest BCUT2D eigenvalue weighted by Crippen LogP contribution is -2.45. The van der Waals surface area contributed by atoms with Gasteiger partial charge in [-0.05, 0) is 57.8 Å². The molecule has 0 aromatic heterocycles. The van der Waals surface area contributed by atoms with Crippen molar-refractivity contribution in [2.75, 3.05) is 13.2 Å². The van der Waals surface area contributed by atoms with Gasteiger partial charge in [0, 0.05) is 12.8 Å². The number of hydrogen-bond acceptors (Lipinski definition) is 5. The van der Waals surface area contributed by atoms with E-state index in [2.05, 4.69) is 43.5 Å². The van der Waals surface area contributed by atoms with Crippen molar-refractivity contribution in [1.82, 2.24) is 5.32 Å². The number of unbranched alkanes of at least 4 members (excludes halogenated alkanes) is 61. The van der Waals surface area contributed by atoms with Gasteiger partial charge in [-0.15, -0.1) is 0 Å². The summed E-state index contributed by atoms with van der Waals surface area (Å²) in [5.41, 5.74) is 0. The lowest BCUT2D eigenvalue weighted by molar-refractivity contribution is -0.143. The van der Waals surface area contributed by atoms with Gasteiger partial charge in [0.05, 0.1) is 25.4 Å². The fourth-order valence-electron chi connectivity index (χ4n) is 12.9. The monoisotopic (exact) mass is 1220 g/mol. The highest BCUT2D eigenvalue weighted by atomic mass is 16.5. The summed E-state index contributed by atoms with van der Waals surface area (Å²) in [6, 6.07) is -0.537. The summed E-state index contributed by atoms with van der Waals surface area (Å²) in [7, 11) is 0. The van der Waals surface area contributed by atoms with E-state index in [4.69, 9.17) is 4.74 Å². The van der Waals surface area contributed by atoms with Crippen LogP contribution in [0.25, 0.3) is 0 Å². The number of allylic oxidation sites excluding steroid dienone is 4. The average Bonchev–Trinajstić information content (AvgIpc) is 3.53. The molecule has 0 saturated heterocycles. The first kappa shape index (κ1) is 85.3. The molecule has 2 unspecified atom stereocenters. The summed E-state index contributed by atoms with van der Waals surface area (Å²) in [4.78, 5) is 24.6. The normalized spacial score (nSPS) is 12.6. The Morgan fingerprint density at radius 2 is 0.575 bits per heavy atom. The smallest absolute Gasteiger partial charge is 0.305 e. The molecular weight excluding hydrogens is 1070 g/mol. The van der Waals surface area contributed by atoms with Crippen molar-refractivity contribution in [3.05, 3.63) is 24.3 Å². The molecule has 0 aromatic carbocycles. The van der Waals surface area contributed by atoms with Crippen LogP contribution in [0.4, 0.5) is 0 Å². The van der Waals surface area contributed by atoms with Gasteiger partial charge >= 0.3 is 5.97 Å². The van der Waals surface area contributed by atoms with Gasteiger partial charge in [0.1, 0.15) is 0 Å². The zero-order chi connectivity index (χ0) is 62.8. The summed E-state index contributed by atoms with van der Waals surface area (Å²) < 4.78 is 5.50. The van der Waals surface area contributed by atoms with E-state index in [0.717, 1.165) is 51.4 Å². The number of hydrogen-bond donors (Lipinski definition) is 3. The molecule has 0 fully saturated rings. The quantitative estimate of drug-likeness (QED) is 0.0320. The zero-order valence-electron chi connectivity index (χ0n) is 59.3. The molecule has 0 aliphatic rings. The minimum absolute atomic E-state index is 0.0107. The minimum atomic E-state index is -0.660. The maximum absolute atomic E-state index is 12.5. The Hall–Kier alpha value is -1.66. The van der Waals surface area contributed by atoms with Gasteiger partial charge in [0.25, 0.3) is 0 Å². The fraction of sp³-hybridized carbons (Fsp3) is 0.926. The maximum Gasteiger partial charge on any atom is 0.305 e. The van der Waals surface area contributed by atoms with E-state index in [1.165, 1.54) is 372 Å². The molecule has 0 bridgehead atoms. The molecule has 1 amide bonds. The predicted octanol–water partition coefficient (Wildman–Crippen LogP) is 26.4. The standard InChI is InChI=1S/C81H157NO5/c1-3-5-7-9-11-13-15-17-19-42-45-49-53-57-61-65-69-73-79(84)78(77-83)82-80(85)74-70-66-62-58-54-50-46-43-40-38-36-34-32-30-28-26-24-22-21-23-25-27-29-31-33-35-37-39-41-44-48-52-56-60-64-68-72-76-87-81(86)75-71-67-63-59-55-51-47-20-18-16-14-12-10-8-6-4-2/h14,16,20,47,78-79,83-84H,3-13,15,17-19,21-46,48-77H2,1-2H3,(H,82,85)/b16-14-,47-20-. The third kappa shape index (κ3) is 73.3. The van der Waals surface area contributed by atoms with Crippen LogP contribution in [-0.4, -0.2) is 47.4 Å². The van der Waals surface area contributed by atoms with Crippen molar-refractivity contribution in [3.63, 3.8) is 0 Å². The third-order valence-corrected chi connectivity index (χ3v) is 19.0. The first-order valence-electron chi connectivity index (χ1n) is 40.1. The molecule has 2 atom stereocenters. The predicted molar refractivity (Wildman–Crippen MR) is 384 cm³/mol. The lowest BCUT2D eigenvalue weighted by atomic mass is 10.0. The summed E-state index contributed by atoms with van der Waals surface area (Å²) in [5, 5.41) is 23.4. The highest BCUT2D eigenvalue weighted by Crippen LogP contribution is 2.20. The fourth-order valence-corrected chi connectivity index (χ4v) is 12.9. The van der Waals surface area contributed by atoms with Gasteiger partial charge < -0.3 is 20.3 Å². The maximum atomic E-state index is 12.5. The largest absolute Gasteiger partial charge is 0.466 e. The minimum Gasteiger partial charge on any atom is -0.466 e. The van der Waals surface area contributed by atoms with Crippen LogP contribution in [0.5, 0.6) is 0 Å². The molecule has 6 heteroatoms. The third-order valence-electron chi connectivity index (χ3n) is 19.0. The van der Waals surface area contributed by atoms with E-state index in [0.29, 0.717) is 25.9 Å². The first-order chi connectivity index (χ1) is 43.0. The topological polar surface area (TPSA) is 95.9 Å². The molecule has 0 aromatic rings. The SMILES string of the molecule is CCCCCC/C=C\C/C=C\CCCCCCCC(=O)OCCCCCCCCCCCCCCCCCCCCCCCCCCCCCCCCCCCCCCCC(=O)NC(CO)C(O)CCCCCCCCCCCCCCCCCCC. The van der Waals surface area contributed by atoms with Crippen LogP contribution in [0.15, 0.2) is 24.3 Å². The molecule has 516 valence electrons. The number of carbonyl (C=O) groups is 2. The number of ether oxygens (including phenoxy) is 1. The number of aliphatic hydroxyl groups excluding tert-OH is 2. The second-order valence-corrected chi connectivity index (χ2v) is 27.8. The molecule has 0 aliphatic heterocycles. The Bertz CT molecular complexity index is 1360.